The van der Waals surface area contributed by atoms with Crippen LogP contribution in [0.5, 0.6) is 0 Å². The number of carbonyl (C=O) groups excluding carboxylic acids is 1. The molecule has 2 unspecified atom stereocenters. The van der Waals surface area contributed by atoms with E-state index in [-0.39, 0.29) is 11.8 Å². The standard InChI is InChI=1S/C10H16N2O2S2/c1-6(5-16(4)14)11-10-9(8(3)13)7(2)12-15-10/h6,11H,5H2,1-4H3. The largest absolute Gasteiger partial charge is 0.372 e. The van der Waals surface area contributed by atoms with Crippen molar-refractivity contribution in [2.24, 2.45) is 0 Å². The van der Waals surface area contributed by atoms with E-state index in [2.05, 4.69) is 9.69 Å². The molecule has 1 heterocycles. The number of nitrogens with zero attached hydrogens (tertiary/aromatic N) is 1. The van der Waals surface area contributed by atoms with E-state index in [1.54, 1.807) is 6.26 Å². The van der Waals surface area contributed by atoms with Gasteiger partial charge in [-0.25, -0.2) is 0 Å². The van der Waals surface area contributed by atoms with E-state index in [0.717, 1.165) is 10.7 Å². The lowest BCUT2D eigenvalue weighted by molar-refractivity contribution is 0.101. The topological polar surface area (TPSA) is 59.1 Å². The molecule has 1 aromatic rings. The lowest BCUT2D eigenvalue weighted by Crippen LogP contribution is -2.22. The summed E-state index contributed by atoms with van der Waals surface area (Å²) in [7, 11) is -0.843. The number of carbonyl (C=O) groups is 1. The normalized spacial score (nSPS) is 14.5. The Bertz CT molecular complexity index is 415. The van der Waals surface area contributed by atoms with Crippen LogP contribution in [-0.2, 0) is 10.8 Å². The fourth-order valence-corrected chi connectivity index (χ4v) is 3.24. The zero-order chi connectivity index (χ0) is 12.3. The van der Waals surface area contributed by atoms with Crippen molar-refractivity contribution >= 4 is 33.1 Å². The summed E-state index contributed by atoms with van der Waals surface area (Å²) in [5.74, 6) is 0.576. The zero-order valence-electron chi connectivity index (χ0n) is 9.86. The van der Waals surface area contributed by atoms with Crippen molar-refractivity contribution in [1.82, 2.24) is 4.37 Å². The van der Waals surface area contributed by atoms with Crippen LogP contribution in [0.15, 0.2) is 0 Å². The van der Waals surface area contributed by atoms with Crippen LogP contribution >= 0.6 is 11.5 Å². The molecule has 1 aromatic heterocycles. The van der Waals surface area contributed by atoms with Crippen LogP contribution in [0.25, 0.3) is 0 Å². The van der Waals surface area contributed by atoms with E-state index in [4.69, 9.17) is 0 Å². The van der Waals surface area contributed by atoms with E-state index in [1.807, 2.05) is 13.8 Å². The lowest BCUT2D eigenvalue weighted by Gasteiger charge is -2.12. The van der Waals surface area contributed by atoms with Gasteiger partial charge in [-0.2, -0.15) is 4.37 Å². The quantitative estimate of drug-likeness (QED) is 0.821. The van der Waals surface area contributed by atoms with Gasteiger partial charge in [-0.3, -0.25) is 9.00 Å². The van der Waals surface area contributed by atoms with Crippen LogP contribution < -0.4 is 5.32 Å². The predicted octanol–water partition coefficient (Wildman–Crippen LogP) is 1.83. The van der Waals surface area contributed by atoms with E-state index >= 15 is 0 Å². The monoisotopic (exact) mass is 260 g/mol. The number of nitrogens with one attached hydrogen (secondary N) is 1. The SMILES string of the molecule is CC(=O)c1c(C)nsc1NC(C)CS(C)=O. The first-order valence-electron chi connectivity index (χ1n) is 4.95. The number of aromatic nitrogens is 1. The maximum Gasteiger partial charge on any atom is 0.164 e. The molecule has 1 N–H and O–H groups in total. The molecule has 1 rings (SSSR count). The molecule has 6 heteroatoms. The second-order valence-corrected chi connectivity index (χ2v) is 6.07. The average Bonchev–Trinajstić information content (AvgIpc) is 2.45. The molecule has 16 heavy (non-hydrogen) atoms. The second kappa shape index (κ2) is 5.54. The van der Waals surface area contributed by atoms with Crippen molar-refractivity contribution in [2.75, 3.05) is 17.3 Å². The third-order valence-corrected chi connectivity index (χ3v) is 3.92. The van der Waals surface area contributed by atoms with Crippen LogP contribution in [0, 0.1) is 6.92 Å². The summed E-state index contributed by atoms with van der Waals surface area (Å²) in [6.07, 6.45) is 1.67. The summed E-state index contributed by atoms with van der Waals surface area (Å²) < 4.78 is 15.2. The minimum atomic E-state index is -0.843. The lowest BCUT2D eigenvalue weighted by atomic mass is 10.2. The second-order valence-electron chi connectivity index (χ2n) is 3.81. The van der Waals surface area contributed by atoms with Gasteiger partial charge in [0, 0.05) is 28.9 Å². The third-order valence-electron chi connectivity index (χ3n) is 2.08. The highest BCUT2D eigenvalue weighted by molar-refractivity contribution is 7.84. The molecule has 0 saturated heterocycles. The smallest absolute Gasteiger partial charge is 0.164 e. The minimum Gasteiger partial charge on any atom is -0.372 e. The minimum absolute atomic E-state index is 0.0126. The molecule has 0 aliphatic heterocycles. The summed E-state index contributed by atoms with van der Waals surface area (Å²) in [6, 6.07) is 0.0729. The Hall–Kier alpha value is -0.750. The van der Waals surface area contributed by atoms with Crippen LogP contribution in [0.2, 0.25) is 0 Å². The summed E-state index contributed by atoms with van der Waals surface area (Å²) in [4.78, 5) is 11.4. The number of rotatable bonds is 5. The first kappa shape index (κ1) is 13.3. The van der Waals surface area contributed by atoms with E-state index in [1.165, 1.54) is 18.5 Å². The summed E-state index contributed by atoms with van der Waals surface area (Å²) >= 11 is 1.28. The molecule has 0 aromatic carbocycles. The van der Waals surface area contributed by atoms with Gasteiger partial charge >= 0.3 is 0 Å². The van der Waals surface area contributed by atoms with Crippen molar-refractivity contribution in [1.29, 1.82) is 0 Å². The molecule has 2 atom stereocenters. The van der Waals surface area contributed by atoms with Gasteiger partial charge in [0.25, 0.3) is 0 Å². The average molecular weight is 260 g/mol. The van der Waals surface area contributed by atoms with Gasteiger partial charge in [-0.15, -0.1) is 0 Å². The molecule has 4 nitrogen and oxygen atoms in total. The number of aryl methyl sites for hydroxylation is 1. The molecule has 0 aliphatic carbocycles. The maximum absolute atomic E-state index is 11.4. The number of Topliss-reactive ketones (excluding diaryl/α,β-unsaturated/α-hetero) is 1. The van der Waals surface area contributed by atoms with Gasteiger partial charge < -0.3 is 5.32 Å². The van der Waals surface area contributed by atoms with Gasteiger partial charge in [0.1, 0.15) is 5.00 Å². The molecule has 0 saturated carbocycles. The van der Waals surface area contributed by atoms with Crippen molar-refractivity contribution in [3.63, 3.8) is 0 Å². The van der Waals surface area contributed by atoms with Crippen LogP contribution in [-0.4, -0.2) is 32.4 Å². The zero-order valence-corrected chi connectivity index (χ0v) is 11.5. The molecule has 0 spiro atoms. The Labute approximate surface area is 102 Å². The molecular weight excluding hydrogens is 244 g/mol. The van der Waals surface area contributed by atoms with Gasteiger partial charge in [0.2, 0.25) is 0 Å². The Morgan fingerprint density at radius 2 is 2.25 bits per heavy atom. The molecule has 0 aliphatic rings. The molecule has 90 valence electrons. The van der Waals surface area contributed by atoms with Crippen molar-refractivity contribution in [3.05, 3.63) is 11.3 Å². The molecule has 0 bridgehead atoms. The Morgan fingerprint density at radius 1 is 1.62 bits per heavy atom. The van der Waals surface area contributed by atoms with Crippen LogP contribution in [0.1, 0.15) is 29.9 Å². The summed E-state index contributed by atoms with van der Waals surface area (Å²) in [5, 5.41) is 3.97. The van der Waals surface area contributed by atoms with Crippen molar-refractivity contribution in [2.45, 2.75) is 26.8 Å². The van der Waals surface area contributed by atoms with Gasteiger partial charge in [-0.1, -0.05) is 0 Å². The molecular formula is C10H16N2O2S2. The number of anilines is 1. The number of ketones is 1. The van der Waals surface area contributed by atoms with E-state index < -0.39 is 10.8 Å². The highest BCUT2D eigenvalue weighted by Gasteiger charge is 2.16. The van der Waals surface area contributed by atoms with Crippen molar-refractivity contribution in [3.8, 4) is 0 Å². The molecule has 0 amide bonds. The van der Waals surface area contributed by atoms with E-state index in [9.17, 15) is 9.00 Å². The molecule has 0 radical (unpaired) electrons. The fraction of sp³-hybridized carbons (Fsp3) is 0.600. The van der Waals surface area contributed by atoms with Gasteiger partial charge in [0.05, 0.1) is 11.3 Å². The Morgan fingerprint density at radius 3 is 2.75 bits per heavy atom. The summed E-state index contributed by atoms with van der Waals surface area (Å²) in [5.41, 5.74) is 1.41. The third kappa shape index (κ3) is 3.38. The predicted molar refractivity (Wildman–Crippen MR) is 68.9 cm³/mol. The Balaban J connectivity index is 2.81. The highest BCUT2D eigenvalue weighted by Crippen LogP contribution is 2.25. The van der Waals surface area contributed by atoms with Crippen LogP contribution in [0.4, 0.5) is 5.00 Å². The highest BCUT2D eigenvalue weighted by atomic mass is 32.2. The fourth-order valence-electron chi connectivity index (χ4n) is 1.50. The first-order chi connectivity index (χ1) is 7.41. The first-order valence-corrected chi connectivity index (χ1v) is 7.45. The number of hydrogen-bond donors (Lipinski definition) is 1. The van der Waals surface area contributed by atoms with Gasteiger partial charge in [-0.05, 0) is 32.3 Å². The number of hydrogen-bond acceptors (Lipinski definition) is 5. The summed E-state index contributed by atoms with van der Waals surface area (Å²) in [6.45, 7) is 5.30. The Kier molecular flexibility index (Phi) is 4.61. The maximum atomic E-state index is 11.4. The van der Waals surface area contributed by atoms with Gasteiger partial charge in [0.15, 0.2) is 5.78 Å². The van der Waals surface area contributed by atoms with Crippen LogP contribution in [0.3, 0.4) is 0 Å². The van der Waals surface area contributed by atoms with E-state index in [0.29, 0.717) is 11.3 Å². The van der Waals surface area contributed by atoms with Crippen molar-refractivity contribution < 1.29 is 9.00 Å². The molecule has 0 fully saturated rings.